The van der Waals surface area contributed by atoms with Gasteiger partial charge in [0.15, 0.2) is 0 Å². The Bertz CT molecular complexity index is 721. The molecule has 0 radical (unpaired) electrons. The number of nitrogens with zero attached hydrogens (tertiary/aromatic N) is 2. The highest BCUT2D eigenvalue weighted by atomic mass is 32.2. The first kappa shape index (κ1) is 18.9. The maximum absolute atomic E-state index is 13.2. The fourth-order valence-corrected chi connectivity index (χ4v) is 4.41. The lowest BCUT2D eigenvalue weighted by molar-refractivity contribution is -0.133. The van der Waals surface area contributed by atoms with E-state index in [0.29, 0.717) is 6.54 Å². The molecule has 5 heteroatoms. The molecule has 0 bridgehead atoms. The van der Waals surface area contributed by atoms with E-state index in [4.69, 9.17) is 0 Å². The highest BCUT2D eigenvalue weighted by Gasteiger charge is 2.31. The molecule has 1 heterocycles. The van der Waals surface area contributed by atoms with Crippen LogP contribution in [0.3, 0.4) is 0 Å². The van der Waals surface area contributed by atoms with Gasteiger partial charge in [-0.3, -0.25) is 9.69 Å². The molecule has 1 aliphatic rings. The topological polar surface area (TPSA) is 23.6 Å². The number of halogens is 1. The molecule has 0 aliphatic carbocycles. The normalized spacial score (nSPS) is 17.3. The number of amides is 1. The number of rotatable bonds is 6. The summed E-state index contributed by atoms with van der Waals surface area (Å²) in [7, 11) is 0. The molecule has 0 unspecified atom stereocenters. The Kier molecular flexibility index (Phi) is 6.33. The van der Waals surface area contributed by atoms with Crippen molar-refractivity contribution in [1.82, 2.24) is 9.80 Å². The summed E-state index contributed by atoms with van der Waals surface area (Å²) in [6.45, 7) is 6.12. The van der Waals surface area contributed by atoms with Crippen LogP contribution >= 0.6 is 11.8 Å². The van der Waals surface area contributed by atoms with Gasteiger partial charge in [0, 0.05) is 24.9 Å². The van der Waals surface area contributed by atoms with Crippen LogP contribution < -0.4 is 0 Å². The number of benzene rings is 2. The zero-order valence-electron chi connectivity index (χ0n) is 15.3. The van der Waals surface area contributed by atoms with E-state index in [1.54, 1.807) is 23.9 Å². The summed E-state index contributed by atoms with van der Waals surface area (Å²) < 4.78 is 13.2. The van der Waals surface area contributed by atoms with Gasteiger partial charge < -0.3 is 4.90 Å². The second-order valence-corrected chi connectivity index (χ2v) is 8.03. The van der Waals surface area contributed by atoms with Crippen molar-refractivity contribution < 1.29 is 9.18 Å². The summed E-state index contributed by atoms with van der Waals surface area (Å²) in [5.41, 5.74) is 2.20. The number of carbonyl (C=O) groups is 1. The monoisotopic (exact) mass is 372 g/mol. The lowest BCUT2D eigenvalue weighted by atomic mass is 10.1. The van der Waals surface area contributed by atoms with E-state index in [0.717, 1.165) is 24.4 Å². The Morgan fingerprint density at radius 3 is 2.54 bits per heavy atom. The van der Waals surface area contributed by atoms with Crippen molar-refractivity contribution in [3.63, 3.8) is 0 Å². The number of carbonyl (C=O) groups excluding carboxylic acids is 1. The van der Waals surface area contributed by atoms with Gasteiger partial charge in [0.2, 0.25) is 5.91 Å². The van der Waals surface area contributed by atoms with Crippen LogP contribution in [-0.2, 0) is 11.3 Å². The van der Waals surface area contributed by atoms with Crippen LogP contribution in [-0.4, -0.2) is 40.6 Å². The molecule has 2 aromatic carbocycles. The van der Waals surface area contributed by atoms with Gasteiger partial charge >= 0.3 is 0 Å². The van der Waals surface area contributed by atoms with E-state index in [2.05, 4.69) is 30.9 Å². The lowest BCUT2D eigenvalue weighted by Crippen LogP contribution is -2.42. The predicted octanol–water partition coefficient (Wildman–Crippen LogP) is 4.31. The number of thioether (sulfide) groups is 1. The average Bonchev–Trinajstić information content (AvgIpc) is 3.12. The molecule has 138 valence electrons. The zero-order valence-corrected chi connectivity index (χ0v) is 16.1. The Labute approximate surface area is 159 Å². The van der Waals surface area contributed by atoms with Gasteiger partial charge in [-0.1, -0.05) is 42.5 Å². The summed E-state index contributed by atoms with van der Waals surface area (Å²) >= 11 is 1.74. The van der Waals surface area contributed by atoms with Gasteiger partial charge in [-0.15, -0.1) is 11.8 Å². The van der Waals surface area contributed by atoms with Gasteiger partial charge in [0.05, 0.1) is 6.54 Å². The largest absolute Gasteiger partial charge is 0.325 e. The molecular formula is C21H25FN2OS. The van der Waals surface area contributed by atoms with Crippen LogP contribution in [0.1, 0.15) is 30.3 Å². The van der Waals surface area contributed by atoms with Crippen molar-refractivity contribution in [2.24, 2.45) is 0 Å². The van der Waals surface area contributed by atoms with Gasteiger partial charge in [-0.2, -0.15) is 0 Å². The molecule has 1 fully saturated rings. The highest BCUT2D eigenvalue weighted by molar-refractivity contribution is 7.99. The third kappa shape index (κ3) is 4.65. The van der Waals surface area contributed by atoms with Crippen LogP contribution in [0.2, 0.25) is 0 Å². The number of hydrogen-bond donors (Lipinski definition) is 0. The van der Waals surface area contributed by atoms with Crippen LogP contribution in [0, 0.1) is 5.82 Å². The minimum absolute atomic E-state index is 0.0196. The SMILES string of the molecule is CC(C)N(CC(=O)N1CCS[C@H]1c1ccc(F)cc1)Cc1ccccc1. The quantitative estimate of drug-likeness (QED) is 0.755. The van der Waals surface area contributed by atoms with E-state index in [1.165, 1.54) is 17.7 Å². The van der Waals surface area contributed by atoms with E-state index >= 15 is 0 Å². The summed E-state index contributed by atoms with van der Waals surface area (Å²) in [5.74, 6) is 0.797. The van der Waals surface area contributed by atoms with Crippen molar-refractivity contribution in [2.45, 2.75) is 31.8 Å². The third-order valence-electron chi connectivity index (χ3n) is 4.66. The van der Waals surface area contributed by atoms with Gasteiger partial charge in [-0.25, -0.2) is 4.39 Å². The average molecular weight is 373 g/mol. The Morgan fingerprint density at radius 1 is 1.19 bits per heavy atom. The summed E-state index contributed by atoms with van der Waals surface area (Å²) in [5, 5.41) is -0.0196. The second-order valence-electron chi connectivity index (χ2n) is 6.85. The molecule has 1 atom stereocenters. The molecule has 1 amide bonds. The molecule has 2 aromatic rings. The van der Waals surface area contributed by atoms with E-state index in [1.807, 2.05) is 23.1 Å². The molecule has 0 N–H and O–H groups in total. The van der Waals surface area contributed by atoms with Crippen LogP contribution in [0.4, 0.5) is 4.39 Å². The van der Waals surface area contributed by atoms with Crippen LogP contribution in [0.15, 0.2) is 54.6 Å². The standard InChI is InChI=1S/C21H25FN2OS/c1-16(2)23(14-17-6-4-3-5-7-17)15-20(25)24-12-13-26-21(24)18-8-10-19(22)11-9-18/h3-11,16,21H,12-15H2,1-2H3/t21-/m0/s1. The van der Waals surface area contributed by atoms with Gasteiger partial charge in [-0.05, 0) is 37.1 Å². The van der Waals surface area contributed by atoms with Crippen molar-refractivity contribution in [2.75, 3.05) is 18.8 Å². The summed E-state index contributed by atoms with van der Waals surface area (Å²) in [6, 6.07) is 17.0. The maximum atomic E-state index is 13.2. The molecular weight excluding hydrogens is 347 g/mol. The molecule has 1 aliphatic heterocycles. The minimum Gasteiger partial charge on any atom is -0.325 e. The molecule has 0 spiro atoms. The van der Waals surface area contributed by atoms with Crippen molar-refractivity contribution in [3.8, 4) is 0 Å². The van der Waals surface area contributed by atoms with Crippen LogP contribution in [0.25, 0.3) is 0 Å². The minimum atomic E-state index is -0.247. The molecule has 1 saturated heterocycles. The third-order valence-corrected chi connectivity index (χ3v) is 5.92. The Morgan fingerprint density at radius 2 is 1.88 bits per heavy atom. The molecule has 0 saturated carbocycles. The fraction of sp³-hybridized carbons (Fsp3) is 0.381. The van der Waals surface area contributed by atoms with E-state index in [9.17, 15) is 9.18 Å². The first-order valence-corrected chi connectivity index (χ1v) is 10.0. The number of hydrogen-bond acceptors (Lipinski definition) is 3. The maximum Gasteiger partial charge on any atom is 0.237 e. The zero-order chi connectivity index (χ0) is 18.5. The first-order valence-electron chi connectivity index (χ1n) is 8.99. The van der Waals surface area contributed by atoms with E-state index < -0.39 is 0 Å². The first-order chi connectivity index (χ1) is 12.5. The summed E-state index contributed by atoms with van der Waals surface area (Å²) in [6.07, 6.45) is 0. The van der Waals surface area contributed by atoms with Crippen molar-refractivity contribution >= 4 is 17.7 Å². The van der Waals surface area contributed by atoms with E-state index in [-0.39, 0.29) is 23.1 Å². The highest BCUT2D eigenvalue weighted by Crippen LogP contribution is 2.38. The Hall–Kier alpha value is -1.85. The van der Waals surface area contributed by atoms with Gasteiger partial charge in [0.25, 0.3) is 0 Å². The second kappa shape index (κ2) is 8.69. The smallest absolute Gasteiger partial charge is 0.237 e. The van der Waals surface area contributed by atoms with Crippen molar-refractivity contribution in [3.05, 3.63) is 71.5 Å². The Balaban J connectivity index is 1.69. The van der Waals surface area contributed by atoms with Crippen molar-refractivity contribution in [1.29, 1.82) is 0 Å². The molecule has 0 aromatic heterocycles. The predicted molar refractivity (Wildman–Crippen MR) is 105 cm³/mol. The summed E-state index contributed by atoms with van der Waals surface area (Å²) in [4.78, 5) is 17.1. The van der Waals surface area contributed by atoms with Crippen LogP contribution in [0.5, 0.6) is 0 Å². The van der Waals surface area contributed by atoms with Gasteiger partial charge in [0.1, 0.15) is 11.2 Å². The molecule has 26 heavy (non-hydrogen) atoms. The fourth-order valence-electron chi connectivity index (χ4n) is 3.13. The molecule has 3 rings (SSSR count). The lowest BCUT2D eigenvalue weighted by Gasteiger charge is -2.30. The molecule has 3 nitrogen and oxygen atoms in total.